The van der Waals surface area contributed by atoms with Crippen molar-refractivity contribution in [1.29, 1.82) is 0 Å². The zero-order valence-corrected chi connectivity index (χ0v) is 13.6. The van der Waals surface area contributed by atoms with Crippen molar-refractivity contribution in [3.8, 4) is 11.1 Å². The van der Waals surface area contributed by atoms with Crippen molar-refractivity contribution in [3.05, 3.63) is 48.5 Å². The SMILES string of the molecule is CCCN(C(N)=O)c1ccc(-c2ccccc2S(N)(=O)=O)cc1. The number of urea groups is 1. The fraction of sp³-hybridized carbons (Fsp3) is 0.188. The number of rotatable bonds is 5. The van der Waals surface area contributed by atoms with Gasteiger partial charge in [0.15, 0.2) is 0 Å². The van der Waals surface area contributed by atoms with Crippen LogP contribution in [0, 0.1) is 0 Å². The average Bonchev–Trinajstić information content (AvgIpc) is 2.52. The molecule has 0 heterocycles. The van der Waals surface area contributed by atoms with E-state index in [2.05, 4.69) is 0 Å². The van der Waals surface area contributed by atoms with Crippen LogP contribution in [-0.2, 0) is 10.0 Å². The lowest BCUT2D eigenvalue weighted by Crippen LogP contribution is -2.36. The largest absolute Gasteiger partial charge is 0.351 e. The molecule has 7 heteroatoms. The number of amides is 2. The zero-order chi connectivity index (χ0) is 17.0. The molecule has 0 radical (unpaired) electrons. The first kappa shape index (κ1) is 17.0. The molecule has 2 rings (SSSR count). The van der Waals surface area contributed by atoms with E-state index in [1.165, 1.54) is 11.0 Å². The molecule has 4 N–H and O–H groups in total. The summed E-state index contributed by atoms with van der Waals surface area (Å²) in [5, 5.41) is 5.26. The van der Waals surface area contributed by atoms with E-state index in [9.17, 15) is 13.2 Å². The van der Waals surface area contributed by atoms with E-state index in [1.54, 1.807) is 42.5 Å². The van der Waals surface area contributed by atoms with Crippen LogP contribution in [0.25, 0.3) is 11.1 Å². The number of primary sulfonamides is 1. The number of hydrogen-bond acceptors (Lipinski definition) is 3. The lowest BCUT2D eigenvalue weighted by atomic mass is 10.1. The van der Waals surface area contributed by atoms with Crippen molar-refractivity contribution < 1.29 is 13.2 Å². The van der Waals surface area contributed by atoms with Crippen molar-refractivity contribution in [3.63, 3.8) is 0 Å². The molecule has 0 saturated heterocycles. The zero-order valence-electron chi connectivity index (χ0n) is 12.8. The molecular weight excluding hydrogens is 314 g/mol. The second-order valence-electron chi connectivity index (χ2n) is 5.08. The molecule has 0 bridgehead atoms. The number of benzene rings is 2. The molecule has 122 valence electrons. The molecule has 23 heavy (non-hydrogen) atoms. The third-order valence-corrected chi connectivity index (χ3v) is 4.37. The van der Waals surface area contributed by atoms with Gasteiger partial charge in [-0.15, -0.1) is 0 Å². The Labute approximate surface area is 135 Å². The molecule has 2 aromatic carbocycles. The molecule has 0 aliphatic rings. The summed E-state index contributed by atoms with van der Waals surface area (Å²) in [6, 6.07) is 12.9. The lowest BCUT2D eigenvalue weighted by Gasteiger charge is -2.20. The average molecular weight is 333 g/mol. The van der Waals surface area contributed by atoms with Crippen molar-refractivity contribution >= 4 is 21.7 Å². The molecule has 2 amide bonds. The number of anilines is 1. The summed E-state index contributed by atoms with van der Waals surface area (Å²) >= 11 is 0. The molecule has 6 nitrogen and oxygen atoms in total. The van der Waals surface area contributed by atoms with Crippen molar-refractivity contribution in [2.45, 2.75) is 18.2 Å². The molecule has 2 aromatic rings. The van der Waals surface area contributed by atoms with E-state index in [4.69, 9.17) is 10.9 Å². The Morgan fingerprint density at radius 2 is 1.70 bits per heavy atom. The molecular formula is C16H19N3O3S. The van der Waals surface area contributed by atoms with E-state index in [0.29, 0.717) is 23.4 Å². The molecule has 0 unspecified atom stereocenters. The van der Waals surface area contributed by atoms with E-state index < -0.39 is 16.1 Å². The Morgan fingerprint density at radius 1 is 1.09 bits per heavy atom. The van der Waals surface area contributed by atoms with Crippen LogP contribution in [0.2, 0.25) is 0 Å². The van der Waals surface area contributed by atoms with Crippen molar-refractivity contribution in [1.82, 2.24) is 0 Å². The first-order valence-electron chi connectivity index (χ1n) is 7.14. The van der Waals surface area contributed by atoms with E-state index in [1.807, 2.05) is 6.92 Å². The van der Waals surface area contributed by atoms with Crippen molar-refractivity contribution in [2.75, 3.05) is 11.4 Å². The summed E-state index contributed by atoms with van der Waals surface area (Å²) < 4.78 is 23.4. The molecule has 0 aromatic heterocycles. The van der Waals surface area contributed by atoms with Crippen LogP contribution in [0.3, 0.4) is 0 Å². The summed E-state index contributed by atoms with van der Waals surface area (Å²) in [5.41, 5.74) is 7.25. The highest BCUT2D eigenvalue weighted by Crippen LogP contribution is 2.28. The van der Waals surface area contributed by atoms with Crippen LogP contribution in [0.1, 0.15) is 13.3 Å². The molecule has 0 spiro atoms. The van der Waals surface area contributed by atoms with Crippen LogP contribution in [0.15, 0.2) is 53.4 Å². The van der Waals surface area contributed by atoms with Crippen molar-refractivity contribution in [2.24, 2.45) is 10.9 Å². The van der Waals surface area contributed by atoms with Crippen LogP contribution in [-0.4, -0.2) is 21.0 Å². The second kappa shape index (κ2) is 6.80. The van der Waals surface area contributed by atoms with E-state index in [0.717, 1.165) is 6.42 Å². The minimum atomic E-state index is -3.81. The number of primary amides is 1. The highest BCUT2D eigenvalue weighted by atomic mass is 32.2. The van der Waals surface area contributed by atoms with Gasteiger partial charge in [0.1, 0.15) is 0 Å². The number of sulfonamides is 1. The van der Waals surface area contributed by atoms with Gasteiger partial charge in [-0.2, -0.15) is 0 Å². The maximum Gasteiger partial charge on any atom is 0.319 e. The topological polar surface area (TPSA) is 106 Å². The van der Waals surface area contributed by atoms with Crippen LogP contribution < -0.4 is 15.8 Å². The van der Waals surface area contributed by atoms with Gasteiger partial charge in [0.05, 0.1) is 4.90 Å². The smallest absolute Gasteiger partial charge is 0.319 e. The van der Waals surface area contributed by atoms with Crippen LogP contribution in [0.4, 0.5) is 10.5 Å². The summed E-state index contributed by atoms with van der Waals surface area (Å²) in [5.74, 6) is 0. The Bertz CT molecular complexity index is 802. The van der Waals surface area contributed by atoms with Gasteiger partial charge in [0.25, 0.3) is 0 Å². The van der Waals surface area contributed by atoms with Gasteiger partial charge in [-0.1, -0.05) is 37.3 Å². The summed E-state index contributed by atoms with van der Waals surface area (Å²) in [6.45, 7) is 2.47. The van der Waals surface area contributed by atoms with Gasteiger partial charge in [-0.25, -0.2) is 18.4 Å². The maximum absolute atomic E-state index is 11.7. The third kappa shape index (κ3) is 3.88. The Morgan fingerprint density at radius 3 is 2.22 bits per heavy atom. The number of hydrogen-bond donors (Lipinski definition) is 2. The predicted molar refractivity (Wildman–Crippen MR) is 90.5 cm³/mol. The van der Waals surface area contributed by atoms with Crippen LogP contribution >= 0.6 is 0 Å². The number of nitrogens with zero attached hydrogens (tertiary/aromatic N) is 1. The minimum Gasteiger partial charge on any atom is -0.351 e. The molecule has 0 aliphatic heterocycles. The van der Waals surface area contributed by atoms with E-state index in [-0.39, 0.29) is 4.90 Å². The fourth-order valence-corrected chi connectivity index (χ4v) is 3.12. The lowest BCUT2D eigenvalue weighted by molar-refractivity contribution is 0.254. The third-order valence-electron chi connectivity index (χ3n) is 3.40. The summed E-state index contributed by atoms with van der Waals surface area (Å²) in [6.07, 6.45) is 0.777. The first-order valence-corrected chi connectivity index (χ1v) is 8.68. The number of carbonyl (C=O) groups excluding carboxylic acids is 1. The fourth-order valence-electron chi connectivity index (χ4n) is 2.36. The Kier molecular flexibility index (Phi) is 5.02. The Balaban J connectivity index is 2.43. The minimum absolute atomic E-state index is 0.0630. The number of carbonyl (C=O) groups is 1. The second-order valence-corrected chi connectivity index (χ2v) is 6.61. The Hall–Kier alpha value is -2.38. The summed E-state index contributed by atoms with van der Waals surface area (Å²) in [7, 11) is -3.81. The number of nitrogens with two attached hydrogens (primary N) is 2. The van der Waals surface area contributed by atoms with E-state index >= 15 is 0 Å². The van der Waals surface area contributed by atoms with Gasteiger partial charge in [0.2, 0.25) is 10.0 Å². The molecule has 0 fully saturated rings. The molecule has 0 atom stereocenters. The highest BCUT2D eigenvalue weighted by Gasteiger charge is 2.15. The van der Waals surface area contributed by atoms with Gasteiger partial charge >= 0.3 is 6.03 Å². The highest BCUT2D eigenvalue weighted by molar-refractivity contribution is 7.89. The quantitative estimate of drug-likeness (QED) is 0.876. The summed E-state index contributed by atoms with van der Waals surface area (Å²) in [4.78, 5) is 13.0. The maximum atomic E-state index is 11.7. The molecule has 0 saturated carbocycles. The molecule has 0 aliphatic carbocycles. The van der Waals surface area contributed by atoms with Gasteiger partial charge in [0, 0.05) is 17.8 Å². The van der Waals surface area contributed by atoms with Crippen LogP contribution in [0.5, 0.6) is 0 Å². The normalized spacial score (nSPS) is 11.2. The predicted octanol–water partition coefficient (Wildman–Crippen LogP) is 2.30. The van der Waals surface area contributed by atoms with Gasteiger partial charge in [-0.05, 0) is 30.2 Å². The van der Waals surface area contributed by atoms with Gasteiger partial charge < -0.3 is 5.73 Å². The monoisotopic (exact) mass is 333 g/mol. The standard InChI is InChI=1S/C16H19N3O3S/c1-2-11-19(16(17)20)13-9-7-12(8-10-13)14-5-3-4-6-15(14)23(18,21)22/h3-10H,2,11H2,1H3,(H2,17,20)(H2,18,21,22). The van der Waals surface area contributed by atoms with Gasteiger partial charge in [-0.3, -0.25) is 4.90 Å². The first-order chi connectivity index (χ1) is 10.8.